The number of hydrogen-bond donors (Lipinski definition) is 0. The van der Waals surface area contributed by atoms with Gasteiger partial charge in [0, 0.05) is 30.1 Å². The SMILES string of the molecule is Cc1cccc(C(=O)N2CCc3c(ncnc3-n3cccn3)C2)c1C. The van der Waals surface area contributed by atoms with Gasteiger partial charge in [0.25, 0.3) is 5.91 Å². The average Bonchev–Trinajstić information content (AvgIpc) is 3.17. The highest BCUT2D eigenvalue weighted by atomic mass is 16.2. The lowest BCUT2D eigenvalue weighted by atomic mass is 10.00. The van der Waals surface area contributed by atoms with Crippen molar-refractivity contribution in [2.24, 2.45) is 0 Å². The fourth-order valence-corrected chi connectivity index (χ4v) is 3.26. The molecule has 0 spiro atoms. The first-order valence-corrected chi connectivity index (χ1v) is 8.33. The number of benzene rings is 1. The molecule has 1 aromatic carbocycles. The summed E-state index contributed by atoms with van der Waals surface area (Å²) in [4.78, 5) is 23.6. The first-order chi connectivity index (χ1) is 12.1. The molecule has 0 N–H and O–H groups in total. The molecule has 126 valence electrons. The predicted molar refractivity (Wildman–Crippen MR) is 93.5 cm³/mol. The molecule has 3 heterocycles. The molecule has 4 rings (SSSR count). The van der Waals surface area contributed by atoms with Crippen LogP contribution < -0.4 is 0 Å². The smallest absolute Gasteiger partial charge is 0.254 e. The van der Waals surface area contributed by atoms with Crippen molar-refractivity contribution in [3.8, 4) is 5.82 Å². The van der Waals surface area contributed by atoms with Crippen LogP contribution in [0.25, 0.3) is 5.82 Å². The second kappa shape index (κ2) is 6.12. The Hall–Kier alpha value is -3.02. The minimum atomic E-state index is 0.0612. The number of amides is 1. The highest BCUT2D eigenvalue weighted by Gasteiger charge is 2.26. The van der Waals surface area contributed by atoms with Gasteiger partial charge in [-0.3, -0.25) is 4.79 Å². The van der Waals surface area contributed by atoms with Crippen LogP contribution in [0.5, 0.6) is 0 Å². The summed E-state index contributed by atoms with van der Waals surface area (Å²) in [6, 6.07) is 7.73. The molecule has 0 saturated carbocycles. The van der Waals surface area contributed by atoms with E-state index in [9.17, 15) is 4.79 Å². The summed E-state index contributed by atoms with van der Waals surface area (Å²) in [7, 11) is 0. The second-order valence-electron chi connectivity index (χ2n) is 6.30. The third kappa shape index (κ3) is 2.69. The van der Waals surface area contributed by atoms with Gasteiger partial charge in [-0.2, -0.15) is 5.10 Å². The Morgan fingerprint density at radius 3 is 2.84 bits per heavy atom. The van der Waals surface area contributed by atoms with Crippen molar-refractivity contribution in [1.29, 1.82) is 0 Å². The molecule has 1 aliphatic rings. The molecule has 25 heavy (non-hydrogen) atoms. The maximum absolute atomic E-state index is 13.0. The van der Waals surface area contributed by atoms with Crippen molar-refractivity contribution in [3.05, 3.63) is 70.9 Å². The Morgan fingerprint density at radius 2 is 2.04 bits per heavy atom. The van der Waals surface area contributed by atoms with Gasteiger partial charge < -0.3 is 4.90 Å². The van der Waals surface area contributed by atoms with Gasteiger partial charge in [-0.05, 0) is 43.5 Å². The zero-order valence-corrected chi connectivity index (χ0v) is 14.3. The van der Waals surface area contributed by atoms with E-state index in [-0.39, 0.29) is 5.91 Å². The third-order valence-corrected chi connectivity index (χ3v) is 4.83. The van der Waals surface area contributed by atoms with Gasteiger partial charge in [-0.15, -0.1) is 0 Å². The van der Waals surface area contributed by atoms with E-state index in [1.54, 1.807) is 17.2 Å². The molecule has 3 aromatic rings. The molecular weight excluding hydrogens is 314 g/mol. The van der Waals surface area contributed by atoms with Crippen LogP contribution in [0.15, 0.2) is 43.0 Å². The summed E-state index contributed by atoms with van der Waals surface area (Å²) in [5, 5.41) is 4.26. The highest BCUT2D eigenvalue weighted by Crippen LogP contribution is 2.24. The first kappa shape index (κ1) is 15.5. The fourth-order valence-electron chi connectivity index (χ4n) is 3.26. The quantitative estimate of drug-likeness (QED) is 0.723. The Kier molecular flexibility index (Phi) is 3.80. The molecule has 0 saturated heterocycles. The summed E-state index contributed by atoms with van der Waals surface area (Å²) in [5.74, 6) is 0.861. The monoisotopic (exact) mass is 333 g/mol. The van der Waals surface area contributed by atoms with E-state index >= 15 is 0 Å². The lowest BCUT2D eigenvalue weighted by Gasteiger charge is -2.29. The molecule has 0 radical (unpaired) electrons. The molecule has 0 atom stereocenters. The van der Waals surface area contributed by atoms with E-state index in [0.717, 1.165) is 40.2 Å². The van der Waals surface area contributed by atoms with Crippen molar-refractivity contribution in [1.82, 2.24) is 24.6 Å². The van der Waals surface area contributed by atoms with E-state index in [4.69, 9.17) is 0 Å². The number of aromatic nitrogens is 4. The molecule has 0 bridgehead atoms. The van der Waals surface area contributed by atoms with Gasteiger partial charge >= 0.3 is 0 Å². The van der Waals surface area contributed by atoms with Gasteiger partial charge in [-0.1, -0.05) is 12.1 Å². The van der Waals surface area contributed by atoms with Crippen LogP contribution in [0.4, 0.5) is 0 Å². The zero-order valence-electron chi connectivity index (χ0n) is 14.3. The molecule has 6 heteroatoms. The van der Waals surface area contributed by atoms with E-state index in [1.807, 2.05) is 49.2 Å². The number of carbonyl (C=O) groups is 1. The zero-order chi connectivity index (χ0) is 17.4. The van der Waals surface area contributed by atoms with Crippen molar-refractivity contribution in [2.75, 3.05) is 6.54 Å². The van der Waals surface area contributed by atoms with Crippen LogP contribution in [0.2, 0.25) is 0 Å². The van der Waals surface area contributed by atoms with E-state index < -0.39 is 0 Å². The molecule has 2 aromatic heterocycles. The van der Waals surface area contributed by atoms with Crippen molar-refractivity contribution >= 4 is 5.91 Å². The number of hydrogen-bond acceptors (Lipinski definition) is 4. The van der Waals surface area contributed by atoms with Gasteiger partial charge in [0.2, 0.25) is 0 Å². The second-order valence-corrected chi connectivity index (χ2v) is 6.30. The summed E-state index contributed by atoms with van der Waals surface area (Å²) in [6.07, 6.45) is 5.87. The Labute approximate surface area is 146 Å². The van der Waals surface area contributed by atoms with Crippen LogP contribution in [0, 0.1) is 13.8 Å². The lowest BCUT2D eigenvalue weighted by Crippen LogP contribution is -2.37. The van der Waals surface area contributed by atoms with Crippen molar-refractivity contribution in [2.45, 2.75) is 26.8 Å². The number of carbonyl (C=O) groups excluding carboxylic acids is 1. The molecule has 1 aliphatic heterocycles. The number of aryl methyl sites for hydroxylation is 1. The maximum Gasteiger partial charge on any atom is 0.254 e. The molecule has 1 amide bonds. The van der Waals surface area contributed by atoms with Gasteiger partial charge in [0.15, 0.2) is 5.82 Å². The maximum atomic E-state index is 13.0. The van der Waals surface area contributed by atoms with E-state index in [1.165, 1.54) is 0 Å². The Balaban J connectivity index is 1.65. The molecule has 0 aliphatic carbocycles. The van der Waals surface area contributed by atoms with Gasteiger partial charge in [0.05, 0.1) is 12.2 Å². The van der Waals surface area contributed by atoms with Gasteiger partial charge in [-0.25, -0.2) is 14.6 Å². The first-order valence-electron chi connectivity index (χ1n) is 8.33. The predicted octanol–water partition coefficient (Wildman–Crippen LogP) is 2.48. The third-order valence-electron chi connectivity index (χ3n) is 4.83. The Bertz CT molecular complexity index is 933. The van der Waals surface area contributed by atoms with E-state index in [2.05, 4.69) is 15.1 Å². The van der Waals surface area contributed by atoms with Crippen molar-refractivity contribution < 1.29 is 4.79 Å². The number of nitrogens with zero attached hydrogens (tertiary/aromatic N) is 5. The molecule has 0 unspecified atom stereocenters. The standard InChI is InChI=1S/C19H19N5O/c1-13-5-3-6-15(14(13)2)19(25)23-10-7-16-17(11-23)20-12-21-18(16)24-9-4-8-22-24/h3-6,8-9,12H,7,10-11H2,1-2H3. The Morgan fingerprint density at radius 1 is 1.16 bits per heavy atom. The van der Waals surface area contributed by atoms with Crippen LogP contribution in [-0.4, -0.2) is 37.1 Å². The topological polar surface area (TPSA) is 63.9 Å². The molecule has 6 nitrogen and oxygen atoms in total. The summed E-state index contributed by atoms with van der Waals surface area (Å²) >= 11 is 0. The number of rotatable bonds is 2. The van der Waals surface area contributed by atoms with Crippen molar-refractivity contribution in [3.63, 3.8) is 0 Å². The fraction of sp³-hybridized carbons (Fsp3) is 0.263. The summed E-state index contributed by atoms with van der Waals surface area (Å²) < 4.78 is 1.75. The van der Waals surface area contributed by atoms with E-state index in [0.29, 0.717) is 13.1 Å². The lowest BCUT2D eigenvalue weighted by molar-refractivity contribution is 0.0730. The van der Waals surface area contributed by atoms with Gasteiger partial charge in [0.1, 0.15) is 6.33 Å². The largest absolute Gasteiger partial charge is 0.332 e. The number of fused-ring (bicyclic) bond motifs is 1. The minimum absolute atomic E-state index is 0.0612. The molecular formula is C19H19N5O. The van der Waals surface area contributed by atoms with Crippen LogP contribution in [-0.2, 0) is 13.0 Å². The van der Waals surface area contributed by atoms with Crippen LogP contribution >= 0.6 is 0 Å². The summed E-state index contributed by atoms with van der Waals surface area (Å²) in [6.45, 7) is 5.18. The average molecular weight is 333 g/mol. The van der Waals surface area contributed by atoms with Crippen LogP contribution in [0.3, 0.4) is 0 Å². The molecule has 0 fully saturated rings. The summed E-state index contributed by atoms with van der Waals surface area (Å²) in [5.41, 5.74) is 4.90. The van der Waals surface area contributed by atoms with Crippen LogP contribution in [0.1, 0.15) is 32.7 Å². The minimum Gasteiger partial charge on any atom is -0.332 e. The highest BCUT2D eigenvalue weighted by molar-refractivity contribution is 5.96. The normalized spacial score (nSPS) is 13.6.